The van der Waals surface area contributed by atoms with Crippen LogP contribution in [0.5, 0.6) is 5.75 Å². The quantitative estimate of drug-likeness (QED) is 0.0262. The number of benzene rings is 1. The molecule has 1 unspecified atom stereocenters. The number of hydrogen-bond donors (Lipinski definition) is 14. The highest BCUT2D eigenvalue weighted by Crippen LogP contribution is 2.29. The molecule has 16 atom stereocenters. The number of rotatable bonds is 26. The third kappa shape index (κ3) is 23.6. The molecule has 32 heteroatoms. The van der Waals surface area contributed by atoms with E-state index in [0.29, 0.717) is 5.92 Å². The number of primary amides is 1. The lowest BCUT2D eigenvalue weighted by Crippen LogP contribution is -2.65. The number of aromatic hydroxyl groups is 1. The number of cyclic esters (lactones) is 1. The standard InChI is InChI=1S/C66H101N13O19/c1-16-33(5)28-34(6)20-18-21-35(7)56(85)72-44(30-80)59(88)71-43(17-2)58(87)75-49(38(10)67)61(90)74-48(36(8)37(9)55(68)84)60(89)76-50-53(32(3)4)98-66(95)46-22-19-27-79(46)65(94)51(54(97-15)41-23-25-42(82)26-24-41)77-63(92)52(40(12)81)78(13)64(93)39(11)70-47(83)29-69-57(86)45(31-96-14)73-62(50)91/h17-18,20-21,23-26,28,32-33,36-40,44-46,48-54,80-82H,16,19,22,27,29-31,67H2,1-15H3,(H2,68,84)(H,69,86)(H,70,83)(H,71,88)(H,72,85)(H,73,91)(H,74,90)(H,75,87)(H,76,89)(H,77,92)/b20-18+,34-28+,35-21+,43-17-/t33?,36-,37+,38-,39-,40+,44+,45+,46-,48-,49-,50+,51+,52-,53+,54+/m0/s1. The lowest BCUT2D eigenvalue weighted by Gasteiger charge is -2.37. The van der Waals surface area contributed by atoms with Crippen LogP contribution in [-0.2, 0) is 76.5 Å². The Kier molecular flexibility index (Phi) is 33.4. The van der Waals surface area contributed by atoms with Crippen molar-refractivity contribution in [3.8, 4) is 5.75 Å². The number of nitrogens with zero attached hydrogens (tertiary/aromatic N) is 2. The molecule has 2 aliphatic heterocycles. The normalized spacial score (nSPS) is 23.6. The van der Waals surface area contributed by atoms with Crippen molar-refractivity contribution in [2.24, 2.45) is 35.1 Å². The third-order valence-corrected chi connectivity index (χ3v) is 16.9. The number of likely N-dealkylation sites (N-methyl/N-ethyl adjacent to an activating group) is 1. The van der Waals surface area contributed by atoms with Crippen LogP contribution in [0, 0.1) is 23.7 Å². The second-order valence-corrected chi connectivity index (χ2v) is 25.0. The molecule has 16 N–H and O–H groups in total. The summed E-state index contributed by atoms with van der Waals surface area (Å²) in [5, 5.41) is 53.4. The smallest absolute Gasteiger partial charge is 0.329 e. The van der Waals surface area contributed by atoms with Crippen LogP contribution in [0.3, 0.4) is 0 Å². The van der Waals surface area contributed by atoms with Crippen molar-refractivity contribution in [1.29, 1.82) is 0 Å². The van der Waals surface area contributed by atoms with E-state index in [-0.39, 0.29) is 36.3 Å². The Bertz CT molecular complexity index is 3150. The number of phenols is 1. The summed E-state index contributed by atoms with van der Waals surface area (Å²) in [7, 11) is 3.55. The molecule has 12 amide bonds. The predicted molar refractivity (Wildman–Crippen MR) is 356 cm³/mol. The summed E-state index contributed by atoms with van der Waals surface area (Å²) in [6.45, 7) is 15.8. The van der Waals surface area contributed by atoms with E-state index in [4.69, 9.17) is 25.7 Å². The molecule has 0 aliphatic carbocycles. The summed E-state index contributed by atoms with van der Waals surface area (Å²) >= 11 is 0. The Hall–Kier alpha value is -9.11. The van der Waals surface area contributed by atoms with Gasteiger partial charge in [-0.2, -0.15) is 0 Å². The van der Waals surface area contributed by atoms with Gasteiger partial charge in [0.2, 0.25) is 65.0 Å². The van der Waals surface area contributed by atoms with E-state index in [0.717, 1.165) is 27.9 Å². The van der Waals surface area contributed by atoms with E-state index in [9.17, 15) is 63.3 Å². The van der Waals surface area contributed by atoms with E-state index in [1.54, 1.807) is 12.2 Å². The fraction of sp³-hybridized carbons (Fsp3) is 0.591. The molecule has 0 bridgehead atoms. The molecule has 2 aliphatic rings. The van der Waals surface area contributed by atoms with Crippen molar-refractivity contribution in [2.45, 2.75) is 181 Å². The van der Waals surface area contributed by atoms with Crippen LogP contribution in [0.1, 0.15) is 114 Å². The van der Waals surface area contributed by atoms with Gasteiger partial charge in [-0.3, -0.25) is 57.5 Å². The second kappa shape index (κ2) is 39.3. The molecule has 544 valence electrons. The maximum atomic E-state index is 15.2. The first kappa shape index (κ1) is 83.1. The number of hydrogen-bond acceptors (Lipinski definition) is 20. The molecule has 0 spiro atoms. The number of nitrogens with two attached hydrogens (primary N) is 2. The first-order valence-corrected chi connectivity index (χ1v) is 32.3. The first-order chi connectivity index (χ1) is 46.0. The average Bonchev–Trinajstić information content (AvgIpc) is 1.56. The minimum atomic E-state index is -2.08. The average molecular weight is 1380 g/mol. The van der Waals surface area contributed by atoms with Crippen molar-refractivity contribution < 1.29 is 91.9 Å². The van der Waals surface area contributed by atoms with E-state index in [2.05, 4.69) is 67.8 Å². The van der Waals surface area contributed by atoms with Gasteiger partial charge >= 0.3 is 5.97 Å². The maximum Gasteiger partial charge on any atom is 0.329 e. The molecule has 1 aromatic rings. The molecule has 0 aromatic heterocycles. The van der Waals surface area contributed by atoms with Gasteiger partial charge in [-0.05, 0) is 89.8 Å². The first-order valence-electron chi connectivity index (χ1n) is 32.3. The number of methoxy groups -OCH3 is 2. The van der Waals surface area contributed by atoms with Gasteiger partial charge in [0.15, 0.2) is 0 Å². The summed E-state index contributed by atoms with van der Waals surface area (Å²) in [5.74, 6) is -17.0. The molecule has 2 heterocycles. The number of allylic oxidation sites excluding steroid dienone is 6. The Balaban J connectivity index is 2.18. The van der Waals surface area contributed by atoms with Crippen LogP contribution < -0.4 is 59.3 Å². The van der Waals surface area contributed by atoms with Crippen molar-refractivity contribution in [1.82, 2.24) is 57.7 Å². The molecule has 2 saturated heterocycles. The van der Waals surface area contributed by atoms with Crippen molar-refractivity contribution in [3.05, 3.63) is 77.1 Å². The second-order valence-electron chi connectivity index (χ2n) is 25.0. The number of amides is 12. The predicted octanol–water partition coefficient (Wildman–Crippen LogP) is -2.35. The van der Waals surface area contributed by atoms with E-state index in [1.165, 1.54) is 114 Å². The number of carbonyl (C=O) groups is 13. The Morgan fingerprint density at radius 1 is 0.837 bits per heavy atom. The highest BCUT2D eigenvalue weighted by Gasteiger charge is 2.47. The van der Waals surface area contributed by atoms with Crippen molar-refractivity contribution in [3.63, 3.8) is 0 Å². The van der Waals surface area contributed by atoms with Gasteiger partial charge in [0.25, 0.3) is 5.91 Å². The van der Waals surface area contributed by atoms with Gasteiger partial charge in [-0.1, -0.05) is 96.0 Å². The number of aliphatic hydroxyl groups is 2. The maximum absolute atomic E-state index is 15.2. The molecular formula is C66H101N13O19. The molecule has 32 nitrogen and oxygen atoms in total. The Morgan fingerprint density at radius 2 is 1.48 bits per heavy atom. The fourth-order valence-corrected chi connectivity index (χ4v) is 10.7. The fourth-order valence-electron chi connectivity index (χ4n) is 10.7. The highest BCUT2D eigenvalue weighted by atomic mass is 16.5. The number of ether oxygens (including phenoxy) is 3. The van der Waals surface area contributed by atoms with E-state index < -0.39 is 199 Å². The van der Waals surface area contributed by atoms with E-state index in [1.807, 2.05) is 6.92 Å². The molecule has 1 aromatic carbocycles. The summed E-state index contributed by atoms with van der Waals surface area (Å²) in [5.41, 5.74) is 12.9. The summed E-state index contributed by atoms with van der Waals surface area (Å²) in [6.07, 6.45) is 4.41. The lowest BCUT2D eigenvalue weighted by molar-refractivity contribution is -0.165. The number of phenolic OH excluding ortho intramolecular Hbond substituents is 1. The number of esters is 1. The molecule has 0 saturated carbocycles. The van der Waals surface area contributed by atoms with Gasteiger partial charge in [0.05, 0.1) is 25.9 Å². The number of carbonyl (C=O) groups excluding carboxylic acids is 13. The number of nitrogens with one attached hydrogen (secondary N) is 9. The van der Waals surface area contributed by atoms with Gasteiger partial charge in [-0.25, -0.2) is 4.79 Å². The third-order valence-electron chi connectivity index (χ3n) is 16.9. The Labute approximate surface area is 571 Å². The SMILES string of the molecule is C/C=C(\NC(=O)[C@@H](CO)NC(=O)/C(C)=C/C=C/C(C)=C/C(C)CC)C(=O)N[C@H](C(=O)N[C@H](C(=O)N[C@H]1C(=O)N[C@H](COC)C(=O)NCC(=O)N[C@@H](C)C(=O)N(C)[C@@H]([C@@H](C)O)C(=O)N[C@H]([C@H](OC)c2ccc(O)cc2)C(=O)N2CCC[C@H]2C(=O)O[C@@H]1C(C)C)[C@@H](C)[C@@H](C)C(N)=O)[C@H](C)N. The Morgan fingerprint density at radius 3 is 2.03 bits per heavy atom. The van der Waals surface area contributed by atoms with Crippen LogP contribution >= 0.6 is 0 Å². The molecule has 0 radical (unpaired) electrons. The zero-order valence-corrected chi connectivity index (χ0v) is 58.4. The van der Waals surface area contributed by atoms with Crippen LogP contribution in [-0.4, -0.2) is 222 Å². The van der Waals surface area contributed by atoms with Crippen LogP contribution in [0.25, 0.3) is 0 Å². The number of fused-ring (bicyclic) bond motifs is 1. The molecule has 3 rings (SSSR count). The lowest BCUT2D eigenvalue weighted by atomic mass is 9.87. The van der Waals surface area contributed by atoms with Crippen LogP contribution in [0.4, 0.5) is 0 Å². The van der Waals surface area contributed by atoms with Gasteiger partial charge in [-0.15, -0.1) is 0 Å². The highest BCUT2D eigenvalue weighted by molar-refractivity contribution is 6.03. The van der Waals surface area contributed by atoms with Crippen LogP contribution in [0.2, 0.25) is 0 Å². The summed E-state index contributed by atoms with van der Waals surface area (Å²) in [6, 6.07) is -11.4. The van der Waals surface area contributed by atoms with Gasteiger partial charge < -0.3 is 98.6 Å². The number of aliphatic hydroxyl groups excluding tert-OH is 2. The summed E-state index contributed by atoms with van der Waals surface area (Å²) in [4.78, 5) is 186. The molecule has 98 heavy (non-hydrogen) atoms. The van der Waals surface area contributed by atoms with Gasteiger partial charge in [0.1, 0.15) is 78.0 Å². The van der Waals surface area contributed by atoms with Crippen LogP contribution in [0.15, 0.2) is 71.5 Å². The van der Waals surface area contributed by atoms with E-state index >= 15 is 14.4 Å². The summed E-state index contributed by atoms with van der Waals surface area (Å²) < 4.78 is 17.3. The molecular weight excluding hydrogens is 1280 g/mol. The van der Waals surface area contributed by atoms with Crippen molar-refractivity contribution in [2.75, 3.05) is 47.6 Å². The zero-order valence-electron chi connectivity index (χ0n) is 58.4. The minimum absolute atomic E-state index is 0.0759. The molecule has 2 fully saturated rings. The van der Waals surface area contributed by atoms with Crippen molar-refractivity contribution >= 4 is 76.9 Å². The minimum Gasteiger partial charge on any atom is -0.508 e. The zero-order chi connectivity index (χ0) is 74.2. The monoisotopic (exact) mass is 1380 g/mol. The topological polar surface area (TPSA) is 477 Å². The largest absolute Gasteiger partial charge is 0.508 e. The van der Waals surface area contributed by atoms with Gasteiger partial charge in [0, 0.05) is 45.3 Å².